The van der Waals surface area contributed by atoms with Crippen molar-refractivity contribution in [2.24, 2.45) is 0 Å². The first-order chi connectivity index (χ1) is 8.54. The molecule has 1 aliphatic rings. The molecule has 0 aromatic heterocycles. The predicted molar refractivity (Wildman–Crippen MR) is 71.1 cm³/mol. The van der Waals surface area contributed by atoms with E-state index in [2.05, 4.69) is 5.32 Å². The van der Waals surface area contributed by atoms with Crippen LogP contribution in [0.15, 0.2) is 30.3 Å². The molecule has 1 aromatic carbocycles. The van der Waals surface area contributed by atoms with Gasteiger partial charge < -0.3 is 9.79 Å². The molecule has 0 atom stereocenters. The number of rotatable bonds is 4. The van der Waals surface area contributed by atoms with Gasteiger partial charge in [-0.15, -0.1) is 0 Å². The Morgan fingerprint density at radius 1 is 1.11 bits per heavy atom. The van der Waals surface area contributed by atoms with Gasteiger partial charge >= 0.3 is 7.60 Å². The van der Waals surface area contributed by atoms with Crippen molar-refractivity contribution in [2.45, 2.75) is 43.9 Å². The SMILES string of the molecule is O=P(O)(O)C1(NCc2ccccc2)CCCCC1. The fraction of sp³-hybridized carbons (Fsp3) is 0.538. The standard InChI is InChI=1S/C13H20NO3P/c15-18(16,17)13(9-5-2-6-10-13)14-11-12-7-3-1-4-8-12/h1,3-4,7-8,14H,2,5-6,9-11H2,(H2,15,16,17). The highest BCUT2D eigenvalue weighted by molar-refractivity contribution is 7.53. The predicted octanol–water partition coefficient (Wildman–Crippen LogP) is 2.61. The molecule has 1 aromatic rings. The maximum atomic E-state index is 11.8. The fourth-order valence-corrected chi connectivity index (χ4v) is 3.75. The number of nitrogens with one attached hydrogen (secondary N) is 1. The second-order valence-electron chi connectivity index (χ2n) is 4.98. The van der Waals surface area contributed by atoms with E-state index in [-0.39, 0.29) is 0 Å². The van der Waals surface area contributed by atoms with Crippen LogP contribution in [0.5, 0.6) is 0 Å². The summed E-state index contributed by atoms with van der Waals surface area (Å²) in [6, 6.07) is 9.72. The Hall–Kier alpha value is -0.670. The molecule has 1 saturated carbocycles. The molecule has 4 nitrogen and oxygen atoms in total. The van der Waals surface area contributed by atoms with Crippen molar-refractivity contribution in [3.05, 3.63) is 35.9 Å². The lowest BCUT2D eigenvalue weighted by Crippen LogP contribution is -2.45. The lowest BCUT2D eigenvalue weighted by molar-refractivity contribution is 0.243. The molecule has 1 fully saturated rings. The topological polar surface area (TPSA) is 69.6 Å². The molecule has 0 spiro atoms. The molecular weight excluding hydrogens is 249 g/mol. The highest BCUT2D eigenvalue weighted by atomic mass is 31.2. The van der Waals surface area contributed by atoms with E-state index in [0.717, 1.165) is 24.8 Å². The fourth-order valence-electron chi connectivity index (χ4n) is 2.57. The lowest BCUT2D eigenvalue weighted by Gasteiger charge is -2.38. The van der Waals surface area contributed by atoms with Crippen LogP contribution in [0, 0.1) is 0 Å². The summed E-state index contributed by atoms with van der Waals surface area (Å²) in [5, 5.41) is 2.12. The Morgan fingerprint density at radius 3 is 2.28 bits per heavy atom. The second kappa shape index (κ2) is 5.54. The van der Waals surface area contributed by atoms with Crippen LogP contribution in [0.4, 0.5) is 0 Å². The van der Waals surface area contributed by atoms with E-state index in [4.69, 9.17) is 0 Å². The lowest BCUT2D eigenvalue weighted by atomic mass is 9.94. The Labute approximate surface area is 108 Å². The van der Waals surface area contributed by atoms with Gasteiger partial charge in [0.1, 0.15) is 5.28 Å². The zero-order valence-corrected chi connectivity index (χ0v) is 11.3. The molecule has 0 radical (unpaired) electrons. The monoisotopic (exact) mass is 269 g/mol. The minimum absolute atomic E-state index is 0.506. The molecule has 0 unspecified atom stereocenters. The molecule has 2 rings (SSSR count). The molecule has 1 aliphatic carbocycles. The van der Waals surface area contributed by atoms with E-state index in [0.29, 0.717) is 19.4 Å². The molecule has 100 valence electrons. The highest BCUT2D eigenvalue weighted by Gasteiger charge is 2.46. The maximum Gasteiger partial charge on any atom is 0.345 e. The molecule has 0 saturated heterocycles. The largest absolute Gasteiger partial charge is 0.345 e. The number of hydrogen-bond donors (Lipinski definition) is 3. The molecule has 3 N–H and O–H groups in total. The summed E-state index contributed by atoms with van der Waals surface area (Å²) in [4.78, 5) is 19.2. The average Bonchev–Trinajstić information content (AvgIpc) is 2.37. The first-order valence-corrected chi connectivity index (χ1v) is 7.99. The van der Waals surface area contributed by atoms with Crippen molar-refractivity contribution < 1.29 is 14.4 Å². The molecule has 0 bridgehead atoms. The zero-order valence-electron chi connectivity index (χ0n) is 10.4. The van der Waals surface area contributed by atoms with Crippen molar-refractivity contribution in [3.63, 3.8) is 0 Å². The minimum atomic E-state index is -4.12. The Bertz CT molecular complexity index is 423. The summed E-state index contributed by atoms with van der Waals surface area (Å²) in [6.45, 7) is 0.506. The van der Waals surface area contributed by atoms with Gasteiger partial charge in [-0.2, -0.15) is 0 Å². The Balaban J connectivity index is 2.09. The first kappa shape index (κ1) is 13.8. The van der Waals surface area contributed by atoms with Crippen LogP contribution in [0.3, 0.4) is 0 Å². The molecule has 18 heavy (non-hydrogen) atoms. The Morgan fingerprint density at radius 2 is 1.72 bits per heavy atom. The molecular formula is C13H20NO3P. The van der Waals surface area contributed by atoms with E-state index in [1.54, 1.807) is 0 Å². The third-order valence-corrected chi connectivity index (χ3v) is 5.42. The normalized spacial score (nSPS) is 19.7. The summed E-state index contributed by atoms with van der Waals surface area (Å²) in [7, 11) is -4.12. The van der Waals surface area contributed by atoms with Crippen LogP contribution in [0.2, 0.25) is 0 Å². The van der Waals surface area contributed by atoms with Gasteiger partial charge in [0, 0.05) is 6.54 Å². The van der Waals surface area contributed by atoms with Crippen LogP contribution >= 0.6 is 7.60 Å². The summed E-state index contributed by atoms with van der Waals surface area (Å²) < 4.78 is 11.8. The Kier molecular flexibility index (Phi) is 4.23. The van der Waals surface area contributed by atoms with Gasteiger partial charge in [-0.1, -0.05) is 49.6 Å². The number of benzene rings is 1. The van der Waals surface area contributed by atoms with E-state index < -0.39 is 12.9 Å². The van der Waals surface area contributed by atoms with Gasteiger partial charge in [-0.3, -0.25) is 9.88 Å². The molecule has 5 heteroatoms. The second-order valence-corrected chi connectivity index (χ2v) is 6.92. The van der Waals surface area contributed by atoms with Crippen LogP contribution < -0.4 is 5.32 Å². The smallest absolute Gasteiger partial charge is 0.323 e. The van der Waals surface area contributed by atoms with Crippen LogP contribution in [0.1, 0.15) is 37.7 Å². The summed E-state index contributed by atoms with van der Waals surface area (Å²) in [5.74, 6) is 0. The van der Waals surface area contributed by atoms with Crippen LogP contribution in [-0.4, -0.2) is 15.1 Å². The maximum absolute atomic E-state index is 11.8. The zero-order chi connectivity index (χ0) is 13.1. The van der Waals surface area contributed by atoms with Crippen molar-refractivity contribution in [2.75, 3.05) is 0 Å². The van der Waals surface area contributed by atoms with E-state index >= 15 is 0 Å². The third kappa shape index (κ3) is 3.01. The summed E-state index contributed by atoms with van der Waals surface area (Å²) in [6.07, 6.45) is 3.95. The third-order valence-electron chi connectivity index (χ3n) is 3.70. The highest BCUT2D eigenvalue weighted by Crippen LogP contribution is 2.55. The summed E-state index contributed by atoms with van der Waals surface area (Å²) in [5.41, 5.74) is 1.05. The summed E-state index contributed by atoms with van der Waals surface area (Å²) >= 11 is 0. The van der Waals surface area contributed by atoms with Crippen molar-refractivity contribution in [1.29, 1.82) is 0 Å². The minimum Gasteiger partial charge on any atom is -0.323 e. The van der Waals surface area contributed by atoms with Gasteiger partial charge in [0.15, 0.2) is 0 Å². The number of hydrogen-bond acceptors (Lipinski definition) is 2. The van der Waals surface area contributed by atoms with Crippen LogP contribution in [-0.2, 0) is 11.1 Å². The van der Waals surface area contributed by atoms with E-state index in [1.165, 1.54) is 0 Å². The molecule has 0 amide bonds. The van der Waals surface area contributed by atoms with Gasteiger partial charge in [0.2, 0.25) is 0 Å². The quantitative estimate of drug-likeness (QED) is 0.735. The van der Waals surface area contributed by atoms with Crippen molar-refractivity contribution >= 4 is 7.60 Å². The van der Waals surface area contributed by atoms with E-state index in [9.17, 15) is 14.4 Å². The van der Waals surface area contributed by atoms with E-state index in [1.807, 2.05) is 30.3 Å². The van der Waals surface area contributed by atoms with Crippen molar-refractivity contribution in [3.8, 4) is 0 Å². The average molecular weight is 269 g/mol. The molecule has 0 heterocycles. The van der Waals surface area contributed by atoms with Gasteiger partial charge in [-0.05, 0) is 18.4 Å². The molecule has 0 aliphatic heterocycles. The van der Waals surface area contributed by atoms with Crippen LogP contribution in [0.25, 0.3) is 0 Å². The first-order valence-electron chi connectivity index (χ1n) is 6.38. The van der Waals surface area contributed by atoms with Gasteiger partial charge in [0.25, 0.3) is 0 Å². The van der Waals surface area contributed by atoms with Gasteiger partial charge in [-0.25, -0.2) is 0 Å². The van der Waals surface area contributed by atoms with Gasteiger partial charge in [0.05, 0.1) is 0 Å². The van der Waals surface area contributed by atoms with Crippen molar-refractivity contribution in [1.82, 2.24) is 5.32 Å².